The van der Waals surface area contributed by atoms with Gasteiger partial charge in [0.05, 0.1) is 0 Å². The van der Waals surface area contributed by atoms with Crippen molar-refractivity contribution in [1.29, 1.82) is 0 Å². The maximum absolute atomic E-state index is 11.9. The van der Waals surface area contributed by atoms with Crippen molar-refractivity contribution in [2.24, 2.45) is 5.73 Å². The number of carbonyl (C=O) groups excluding carboxylic acids is 1. The van der Waals surface area contributed by atoms with Crippen molar-refractivity contribution in [1.82, 2.24) is 0 Å². The Bertz CT molecular complexity index is 461. The molecule has 1 aromatic rings. The minimum Gasteiger partial charge on any atom is -0.406 e. The van der Waals surface area contributed by atoms with Gasteiger partial charge in [-0.25, -0.2) is 0 Å². The highest BCUT2D eigenvalue weighted by Crippen LogP contribution is 2.22. The number of hydrogen-bond acceptors (Lipinski definition) is 2. The van der Waals surface area contributed by atoms with Gasteiger partial charge >= 0.3 is 6.36 Å². The molecule has 0 radical (unpaired) electrons. The standard InChI is InChI=1S/C12H10F3NO2/c13-12(14,15)18-10-7-5-9(6-8-10)3-1-2-4-11(16)17/h1-8H,(H2,16,17). The highest BCUT2D eigenvalue weighted by Gasteiger charge is 2.30. The minimum atomic E-state index is -4.69. The fourth-order valence-electron chi connectivity index (χ4n) is 1.10. The lowest BCUT2D eigenvalue weighted by atomic mass is 10.2. The number of hydrogen-bond donors (Lipinski definition) is 1. The number of carbonyl (C=O) groups is 1. The van der Waals surface area contributed by atoms with E-state index < -0.39 is 12.3 Å². The summed E-state index contributed by atoms with van der Waals surface area (Å²) in [5.41, 5.74) is 5.53. The number of primary amides is 1. The summed E-state index contributed by atoms with van der Waals surface area (Å²) in [5.74, 6) is -0.860. The molecule has 0 unspecified atom stereocenters. The number of rotatable bonds is 4. The van der Waals surface area contributed by atoms with Gasteiger partial charge in [0.15, 0.2) is 0 Å². The maximum Gasteiger partial charge on any atom is 0.573 e. The van der Waals surface area contributed by atoms with Crippen molar-refractivity contribution in [2.75, 3.05) is 0 Å². The van der Waals surface area contributed by atoms with E-state index in [0.29, 0.717) is 5.56 Å². The zero-order chi connectivity index (χ0) is 13.6. The molecule has 0 aliphatic carbocycles. The molecule has 3 nitrogen and oxygen atoms in total. The van der Waals surface area contributed by atoms with Gasteiger partial charge in [-0.05, 0) is 17.7 Å². The van der Waals surface area contributed by atoms with E-state index in [1.807, 2.05) is 0 Å². The van der Waals surface area contributed by atoms with Crippen LogP contribution in [-0.4, -0.2) is 12.3 Å². The number of ether oxygens (including phenoxy) is 1. The molecule has 0 aliphatic rings. The summed E-state index contributed by atoms with van der Waals surface area (Å²) in [6.07, 6.45) is 1.06. The molecule has 0 aliphatic heterocycles. The van der Waals surface area contributed by atoms with E-state index in [1.165, 1.54) is 30.3 Å². The molecule has 18 heavy (non-hydrogen) atoms. The molecule has 0 saturated heterocycles. The number of allylic oxidation sites excluding steroid dienone is 2. The van der Waals surface area contributed by atoms with Crippen LogP contribution in [0.1, 0.15) is 5.56 Å². The summed E-state index contributed by atoms with van der Waals surface area (Å²) in [4.78, 5) is 10.4. The van der Waals surface area contributed by atoms with Crippen molar-refractivity contribution in [3.05, 3.63) is 48.1 Å². The average Bonchev–Trinajstić information content (AvgIpc) is 2.24. The van der Waals surface area contributed by atoms with Gasteiger partial charge in [0.25, 0.3) is 0 Å². The van der Waals surface area contributed by atoms with Crippen LogP contribution in [0.25, 0.3) is 6.08 Å². The van der Waals surface area contributed by atoms with Crippen molar-refractivity contribution in [3.8, 4) is 5.75 Å². The summed E-state index contributed by atoms with van der Waals surface area (Å²) in [5, 5.41) is 0. The maximum atomic E-state index is 11.9. The predicted molar refractivity (Wildman–Crippen MR) is 60.5 cm³/mol. The third kappa shape index (κ3) is 5.74. The van der Waals surface area contributed by atoms with Gasteiger partial charge in [-0.15, -0.1) is 13.2 Å². The van der Waals surface area contributed by atoms with Crippen LogP contribution in [-0.2, 0) is 4.79 Å². The summed E-state index contributed by atoms with van der Waals surface area (Å²) in [6.45, 7) is 0. The average molecular weight is 257 g/mol. The summed E-state index contributed by atoms with van der Waals surface area (Å²) in [6, 6.07) is 5.31. The Morgan fingerprint density at radius 1 is 1.17 bits per heavy atom. The smallest absolute Gasteiger partial charge is 0.406 e. The Morgan fingerprint density at radius 3 is 2.28 bits per heavy atom. The van der Waals surface area contributed by atoms with Crippen molar-refractivity contribution < 1.29 is 22.7 Å². The molecule has 0 bridgehead atoms. The van der Waals surface area contributed by atoms with Gasteiger partial charge < -0.3 is 10.5 Å². The summed E-state index contributed by atoms with van der Waals surface area (Å²) < 4.78 is 39.3. The molecule has 0 spiro atoms. The van der Waals surface area contributed by atoms with Gasteiger partial charge in [-0.3, -0.25) is 4.79 Å². The van der Waals surface area contributed by atoms with E-state index in [2.05, 4.69) is 4.74 Å². The lowest BCUT2D eigenvalue weighted by Crippen LogP contribution is -2.16. The first-order chi connectivity index (χ1) is 8.37. The Balaban J connectivity index is 2.63. The van der Waals surface area contributed by atoms with Gasteiger partial charge in [0, 0.05) is 6.08 Å². The van der Waals surface area contributed by atoms with Crippen LogP contribution in [0, 0.1) is 0 Å². The molecule has 0 fully saturated rings. The normalized spacial score (nSPS) is 12.2. The van der Waals surface area contributed by atoms with Gasteiger partial charge in [0.1, 0.15) is 5.75 Å². The van der Waals surface area contributed by atoms with E-state index in [4.69, 9.17) is 5.73 Å². The first-order valence-corrected chi connectivity index (χ1v) is 4.87. The van der Waals surface area contributed by atoms with Crippen LogP contribution >= 0.6 is 0 Å². The van der Waals surface area contributed by atoms with Crippen LogP contribution in [0.2, 0.25) is 0 Å². The Morgan fingerprint density at radius 2 is 1.78 bits per heavy atom. The van der Waals surface area contributed by atoms with E-state index in [1.54, 1.807) is 12.2 Å². The van der Waals surface area contributed by atoms with Crippen molar-refractivity contribution in [3.63, 3.8) is 0 Å². The molecule has 0 saturated carbocycles. The Kier molecular flexibility index (Phi) is 4.53. The molecule has 1 aromatic carbocycles. The Hall–Kier alpha value is -2.24. The molecular weight excluding hydrogens is 247 g/mol. The monoisotopic (exact) mass is 257 g/mol. The van der Waals surface area contributed by atoms with E-state index in [0.717, 1.165) is 6.08 Å². The lowest BCUT2D eigenvalue weighted by molar-refractivity contribution is -0.274. The molecule has 0 heterocycles. The second-order valence-corrected chi connectivity index (χ2v) is 3.24. The highest BCUT2D eigenvalue weighted by molar-refractivity contribution is 5.86. The SMILES string of the molecule is NC(=O)C=CC=Cc1ccc(OC(F)(F)F)cc1. The lowest BCUT2D eigenvalue weighted by Gasteiger charge is -2.08. The zero-order valence-corrected chi connectivity index (χ0v) is 9.15. The van der Waals surface area contributed by atoms with Crippen LogP contribution < -0.4 is 10.5 Å². The number of benzene rings is 1. The molecule has 6 heteroatoms. The third-order valence-electron chi connectivity index (χ3n) is 1.77. The first-order valence-electron chi connectivity index (χ1n) is 4.87. The van der Waals surface area contributed by atoms with E-state index in [-0.39, 0.29) is 5.75 Å². The molecular formula is C12H10F3NO2. The second kappa shape index (κ2) is 5.90. The van der Waals surface area contributed by atoms with Gasteiger partial charge in [0.2, 0.25) is 5.91 Å². The fourth-order valence-corrected chi connectivity index (χ4v) is 1.10. The second-order valence-electron chi connectivity index (χ2n) is 3.24. The van der Waals surface area contributed by atoms with Crippen LogP contribution in [0.3, 0.4) is 0 Å². The summed E-state index contributed by atoms with van der Waals surface area (Å²) in [7, 11) is 0. The third-order valence-corrected chi connectivity index (χ3v) is 1.77. The van der Waals surface area contributed by atoms with Crippen LogP contribution in [0.15, 0.2) is 42.5 Å². The Labute approximate surface area is 101 Å². The molecule has 0 aromatic heterocycles. The number of halogens is 3. The quantitative estimate of drug-likeness (QED) is 0.666. The molecule has 2 N–H and O–H groups in total. The van der Waals surface area contributed by atoms with Gasteiger partial charge in [-0.1, -0.05) is 30.4 Å². The van der Waals surface area contributed by atoms with Crippen molar-refractivity contribution >= 4 is 12.0 Å². The number of nitrogens with two attached hydrogens (primary N) is 1. The molecule has 1 amide bonds. The topological polar surface area (TPSA) is 52.3 Å². The van der Waals surface area contributed by atoms with Crippen LogP contribution in [0.5, 0.6) is 5.75 Å². The molecule has 1 rings (SSSR count). The zero-order valence-electron chi connectivity index (χ0n) is 9.15. The van der Waals surface area contributed by atoms with Gasteiger partial charge in [-0.2, -0.15) is 0 Å². The largest absolute Gasteiger partial charge is 0.573 e. The highest BCUT2D eigenvalue weighted by atomic mass is 19.4. The molecule has 0 atom stereocenters. The van der Waals surface area contributed by atoms with E-state index in [9.17, 15) is 18.0 Å². The van der Waals surface area contributed by atoms with Crippen molar-refractivity contribution in [2.45, 2.75) is 6.36 Å². The summed E-state index contributed by atoms with van der Waals surface area (Å²) >= 11 is 0. The fraction of sp³-hybridized carbons (Fsp3) is 0.0833. The van der Waals surface area contributed by atoms with E-state index >= 15 is 0 Å². The number of amides is 1. The minimum absolute atomic E-state index is 0.285. The van der Waals surface area contributed by atoms with Crippen LogP contribution in [0.4, 0.5) is 13.2 Å². The first kappa shape index (κ1) is 13.8. The molecule has 96 valence electrons. The number of alkyl halides is 3. The predicted octanol–water partition coefficient (Wildman–Crippen LogP) is 2.64.